The van der Waals surface area contributed by atoms with E-state index in [4.69, 9.17) is 4.74 Å². The average molecular weight is 263 g/mol. The smallest absolute Gasteiger partial charge is 0.334 e. The zero-order valence-corrected chi connectivity index (χ0v) is 10.8. The van der Waals surface area contributed by atoms with Crippen LogP contribution in [0.3, 0.4) is 0 Å². The number of carbonyl (C=O) groups is 1. The van der Waals surface area contributed by atoms with Crippen molar-refractivity contribution in [2.75, 3.05) is 6.61 Å². The van der Waals surface area contributed by atoms with Crippen LogP contribution in [0.2, 0.25) is 0 Å². The summed E-state index contributed by atoms with van der Waals surface area (Å²) >= 11 is 3.45. The maximum absolute atomic E-state index is 11.5. The van der Waals surface area contributed by atoms with E-state index in [0.29, 0.717) is 6.61 Å². The molecule has 0 N–H and O–H groups in total. The highest BCUT2D eigenvalue weighted by Gasteiger charge is 2.13. The minimum absolute atomic E-state index is 0.172. The molecule has 3 heteroatoms. The topological polar surface area (TPSA) is 26.3 Å². The third kappa shape index (κ3) is 4.80. The third-order valence-corrected chi connectivity index (χ3v) is 2.69. The molecule has 2 nitrogen and oxygen atoms in total. The van der Waals surface area contributed by atoms with Crippen LogP contribution in [0, 0.1) is 0 Å². The highest BCUT2D eigenvalue weighted by molar-refractivity contribution is 9.11. The summed E-state index contributed by atoms with van der Waals surface area (Å²) in [5.74, 6) is -0.172. The predicted molar refractivity (Wildman–Crippen MR) is 62.4 cm³/mol. The number of carbonyl (C=O) groups excluding carboxylic acids is 1. The fourth-order valence-corrected chi connectivity index (χ4v) is 1.94. The second kappa shape index (κ2) is 8.04. The summed E-state index contributed by atoms with van der Waals surface area (Å²) in [5, 5.41) is 0. The monoisotopic (exact) mass is 262 g/mol. The van der Waals surface area contributed by atoms with Gasteiger partial charge in [0.2, 0.25) is 0 Å². The Bertz CT molecular complexity index is 209. The lowest BCUT2D eigenvalue weighted by Gasteiger charge is -2.08. The maximum atomic E-state index is 11.5. The molecule has 0 radical (unpaired) electrons. The van der Waals surface area contributed by atoms with Crippen LogP contribution >= 0.6 is 15.9 Å². The van der Waals surface area contributed by atoms with Crippen molar-refractivity contribution in [1.82, 2.24) is 0 Å². The van der Waals surface area contributed by atoms with E-state index in [1.807, 2.05) is 6.92 Å². The summed E-state index contributed by atoms with van der Waals surface area (Å²) in [7, 11) is 0. The van der Waals surface area contributed by atoms with Crippen molar-refractivity contribution in [3.8, 4) is 0 Å². The quantitative estimate of drug-likeness (QED) is 0.538. The van der Waals surface area contributed by atoms with E-state index < -0.39 is 0 Å². The lowest BCUT2D eigenvalue weighted by atomic mass is 10.1. The molecule has 0 aliphatic carbocycles. The molecule has 0 amide bonds. The van der Waals surface area contributed by atoms with Crippen LogP contribution < -0.4 is 0 Å². The van der Waals surface area contributed by atoms with Crippen LogP contribution in [0.15, 0.2) is 10.1 Å². The molecule has 0 rings (SSSR count). The van der Waals surface area contributed by atoms with Gasteiger partial charge in [-0.2, -0.15) is 0 Å². The Morgan fingerprint density at radius 1 is 1.14 bits per heavy atom. The molecular weight excluding hydrogens is 244 g/mol. The summed E-state index contributed by atoms with van der Waals surface area (Å²) in [4.78, 5) is 11.5. The molecular formula is C11H19BrO2. The molecule has 0 aromatic heterocycles. The van der Waals surface area contributed by atoms with Crippen molar-refractivity contribution >= 4 is 21.9 Å². The molecule has 82 valence electrons. The average Bonchev–Trinajstić information content (AvgIpc) is 2.14. The molecule has 0 aromatic rings. The first-order chi connectivity index (χ1) is 6.67. The number of halogens is 1. The van der Waals surface area contributed by atoms with Crippen molar-refractivity contribution in [2.24, 2.45) is 0 Å². The molecule has 0 aliphatic heterocycles. The van der Waals surface area contributed by atoms with E-state index in [9.17, 15) is 4.79 Å². The number of esters is 1. The molecule has 0 aliphatic rings. The molecule has 0 saturated carbocycles. The standard InChI is InChI=1S/C11H19BrO2/c1-4-7-9(10(12)8-5-2)11(13)14-6-3/h4-8H2,1-3H3/b10-9-. The number of hydrogen-bond acceptors (Lipinski definition) is 2. The lowest BCUT2D eigenvalue weighted by molar-refractivity contribution is -0.138. The van der Waals surface area contributed by atoms with E-state index in [1.165, 1.54) is 0 Å². The number of ether oxygens (including phenoxy) is 1. The highest BCUT2D eigenvalue weighted by Crippen LogP contribution is 2.22. The summed E-state index contributed by atoms with van der Waals surface area (Å²) in [6.07, 6.45) is 3.70. The lowest BCUT2D eigenvalue weighted by Crippen LogP contribution is -2.09. The fraction of sp³-hybridized carbons (Fsp3) is 0.727. The normalized spacial score (nSPS) is 12.3. The molecule has 0 spiro atoms. The van der Waals surface area contributed by atoms with Gasteiger partial charge in [0.15, 0.2) is 0 Å². The second-order valence-corrected chi connectivity index (χ2v) is 4.06. The Balaban J connectivity index is 4.55. The second-order valence-electron chi connectivity index (χ2n) is 3.10. The molecule has 0 atom stereocenters. The van der Waals surface area contributed by atoms with Crippen molar-refractivity contribution in [3.05, 3.63) is 10.1 Å². The van der Waals surface area contributed by atoms with Gasteiger partial charge in [-0.1, -0.05) is 42.6 Å². The van der Waals surface area contributed by atoms with Crippen molar-refractivity contribution in [2.45, 2.75) is 46.5 Å². The third-order valence-electron chi connectivity index (χ3n) is 1.82. The zero-order chi connectivity index (χ0) is 11.0. The van der Waals surface area contributed by atoms with Crippen molar-refractivity contribution in [1.29, 1.82) is 0 Å². The fourth-order valence-electron chi connectivity index (χ4n) is 1.19. The molecule has 14 heavy (non-hydrogen) atoms. The van der Waals surface area contributed by atoms with E-state index in [2.05, 4.69) is 29.8 Å². The van der Waals surface area contributed by atoms with Gasteiger partial charge in [-0.25, -0.2) is 4.79 Å². The van der Waals surface area contributed by atoms with Crippen LogP contribution in [-0.4, -0.2) is 12.6 Å². The Labute approximate surface area is 94.8 Å². The molecule has 0 saturated heterocycles. The summed E-state index contributed by atoms with van der Waals surface area (Å²) in [6, 6.07) is 0. The molecule has 0 fully saturated rings. The first-order valence-electron chi connectivity index (χ1n) is 5.21. The maximum Gasteiger partial charge on any atom is 0.334 e. The summed E-state index contributed by atoms with van der Waals surface area (Å²) in [5.41, 5.74) is 0.802. The van der Waals surface area contributed by atoms with Gasteiger partial charge in [-0.15, -0.1) is 0 Å². The van der Waals surface area contributed by atoms with Crippen LogP contribution in [-0.2, 0) is 9.53 Å². The van der Waals surface area contributed by atoms with Crippen LogP contribution in [0.1, 0.15) is 46.5 Å². The van der Waals surface area contributed by atoms with Crippen molar-refractivity contribution < 1.29 is 9.53 Å². The molecule has 0 unspecified atom stereocenters. The van der Waals surface area contributed by atoms with Gasteiger partial charge >= 0.3 is 5.97 Å². The van der Waals surface area contributed by atoms with Crippen LogP contribution in [0.4, 0.5) is 0 Å². The van der Waals surface area contributed by atoms with Gasteiger partial charge in [-0.05, 0) is 19.8 Å². The van der Waals surface area contributed by atoms with Crippen molar-refractivity contribution in [3.63, 3.8) is 0 Å². The summed E-state index contributed by atoms with van der Waals surface area (Å²) in [6.45, 7) is 6.43. The predicted octanol–water partition coefficient (Wildman–Crippen LogP) is 3.80. The molecule has 0 bridgehead atoms. The van der Waals surface area contributed by atoms with Gasteiger partial charge in [0.05, 0.1) is 6.61 Å². The first kappa shape index (κ1) is 13.7. The largest absolute Gasteiger partial charge is 0.463 e. The Morgan fingerprint density at radius 2 is 1.71 bits per heavy atom. The van der Waals surface area contributed by atoms with Gasteiger partial charge in [0.1, 0.15) is 0 Å². The van der Waals surface area contributed by atoms with Gasteiger partial charge in [0.25, 0.3) is 0 Å². The van der Waals surface area contributed by atoms with E-state index in [1.54, 1.807) is 0 Å². The summed E-state index contributed by atoms with van der Waals surface area (Å²) < 4.78 is 6.00. The van der Waals surface area contributed by atoms with Crippen LogP contribution in [0.25, 0.3) is 0 Å². The van der Waals surface area contributed by atoms with Gasteiger partial charge in [0, 0.05) is 10.1 Å². The number of rotatable bonds is 6. The van der Waals surface area contributed by atoms with Gasteiger partial charge in [-0.3, -0.25) is 0 Å². The van der Waals surface area contributed by atoms with Gasteiger partial charge < -0.3 is 4.74 Å². The first-order valence-corrected chi connectivity index (χ1v) is 6.01. The minimum atomic E-state index is -0.172. The Morgan fingerprint density at radius 3 is 2.14 bits per heavy atom. The number of hydrogen-bond donors (Lipinski definition) is 0. The van der Waals surface area contributed by atoms with Crippen LogP contribution in [0.5, 0.6) is 0 Å². The molecule has 0 aromatic carbocycles. The zero-order valence-electron chi connectivity index (χ0n) is 9.23. The Kier molecular flexibility index (Phi) is 7.86. The Hall–Kier alpha value is -0.310. The van der Waals surface area contributed by atoms with E-state index in [-0.39, 0.29) is 5.97 Å². The highest BCUT2D eigenvalue weighted by atomic mass is 79.9. The minimum Gasteiger partial charge on any atom is -0.463 e. The SMILES string of the molecule is CCC/C(Br)=C(\CCC)C(=O)OCC. The number of allylic oxidation sites excluding steroid dienone is 1. The van der Waals surface area contributed by atoms with E-state index >= 15 is 0 Å². The van der Waals surface area contributed by atoms with E-state index in [0.717, 1.165) is 35.7 Å². The molecule has 0 heterocycles.